The second kappa shape index (κ2) is 6.11. The van der Waals surface area contributed by atoms with Crippen molar-refractivity contribution in [3.8, 4) is 0 Å². The van der Waals surface area contributed by atoms with Crippen LogP contribution in [0.5, 0.6) is 0 Å². The molecule has 0 bridgehead atoms. The van der Waals surface area contributed by atoms with Gasteiger partial charge in [0, 0.05) is 31.2 Å². The summed E-state index contributed by atoms with van der Waals surface area (Å²) >= 11 is 0. The average Bonchev–Trinajstić information content (AvgIpc) is 3.30. The molecule has 5 heteroatoms. The number of piperidine rings is 2. The van der Waals surface area contributed by atoms with E-state index in [0.29, 0.717) is 17.4 Å². The van der Waals surface area contributed by atoms with E-state index in [1.54, 1.807) is 0 Å². The molecule has 1 spiro atoms. The molecular formula is C18H26N4O. The van der Waals surface area contributed by atoms with Gasteiger partial charge in [0.2, 0.25) is 5.91 Å². The number of hydrogen-bond donors (Lipinski definition) is 2. The number of aromatic nitrogens is 1. The molecule has 1 aromatic rings. The van der Waals surface area contributed by atoms with Gasteiger partial charge >= 0.3 is 0 Å². The van der Waals surface area contributed by atoms with Gasteiger partial charge in [-0.1, -0.05) is 6.07 Å². The number of rotatable bonds is 3. The zero-order valence-electron chi connectivity index (χ0n) is 13.6. The van der Waals surface area contributed by atoms with Gasteiger partial charge in [0.25, 0.3) is 0 Å². The number of hydrogen-bond acceptors (Lipinski definition) is 4. The first-order valence-corrected chi connectivity index (χ1v) is 8.94. The van der Waals surface area contributed by atoms with Gasteiger partial charge in [0.1, 0.15) is 5.82 Å². The number of pyridine rings is 1. The molecule has 3 heterocycles. The Balaban J connectivity index is 1.26. The predicted molar refractivity (Wildman–Crippen MR) is 90.3 cm³/mol. The van der Waals surface area contributed by atoms with E-state index in [1.165, 1.54) is 12.8 Å². The third kappa shape index (κ3) is 3.07. The van der Waals surface area contributed by atoms with Gasteiger partial charge in [-0.05, 0) is 62.7 Å². The molecule has 1 aliphatic carbocycles. The van der Waals surface area contributed by atoms with Crippen LogP contribution in [0.2, 0.25) is 0 Å². The van der Waals surface area contributed by atoms with Gasteiger partial charge < -0.3 is 15.5 Å². The summed E-state index contributed by atoms with van der Waals surface area (Å²) in [6.07, 6.45) is 7.32. The van der Waals surface area contributed by atoms with Crippen LogP contribution in [0.25, 0.3) is 0 Å². The highest BCUT2D eigenvalue weighted by molar-refractivity contribution is 5.83. The molecule has 3 fully saturated rings. The van der Waals surface area contributed by atoms with Crippen LogP contribution in [-0.2, 0) is 4.79 Å². The molecule has 0 radical (unpaired) electrons. The van der Waals surface area contributed by atoms with Crippen molar-refractivity contribution in [3.63, 3.8) is 0 Å². The molecule has 1 unspecified atom stereocenters. The Kier molecular flexibility index (Phi) is 3.97. The van der Waals surface area contributed by atoms with E-state index in [1.807, 2.05) is 18.3 Å². The largest absolute Gasteiger partial charge is 0.356 e. The van der Waals surface area contributed by atoms with Crippen molar-refractivity contribution in [1.29, 1.82) is 0 Å². The smallest absolute Gasteiger partial charge is 0.223 e. The van der Waals surface area contributed by atoms with Crippen LogP contribution in [0, 0.1) is 11.3 Å². The molecule has 2 aliphatic heterocycles. The Hall–Kier alpha value is -1.62. The monoisotopic (exact) mass is 314 g/mol. The normalized spacial score (nSPS) is 27.0. The molecule has 1 saturated carbocycles. The topological polar surface area (TPSA) is 57.3 Å². The van der Waals surface area contributed by atoms with E-state index in [2.05, 4.69) is 26.6 Å². The Morgan fingerprint density at radius 3 is 2.74 bits per heavy atom. The number of nitrogens with zero attached hydrogens (tertiary/aromatic N) is 2. The third-order valence-corrected chi connectivity index (χ3v) is 5.92. The number of nitrogens with one attached hydrogen (secondary N) is 2. The highest BCUT2D eigenvalue weighted by atomic mass is 16.2. The van der Waals surface area contributed by atoms with Crippen molar-refractivity contribution in [2.75, 3.05) is 31.1 Å². The molecular weight excluding hydrogens is 288 g/mol. The average molecular weight is 314 g/mol. The van der Waals surface area contributed by atoms with Crippen LogP contribution >= 0.6 is 0 Å². The van der Waals surface area contributed by atoms with Crippen molar-refractivity contribution in [1.82, 2.24) is 15.6 Å². The molecule has 124 valence electrons. The van der Waals surface area contributed by atoms with Gasteiger partial charge in [-0.2, -0.15) is 0 Å². The van der Waals surface area contributed by atoms with E-state index in [4.69, 9.17) is 0 Å². The van der Waals surface area contributed by atoms with Crippen molar-refractivity contribution < 1.29 is 4.79 Å². The van der Waals surface area contributed by atoms with Crippen LogP contribution in [0.15, 0.2) is 24.4 Å². The fourth-order valence-corrected chi connectivity index (χ4v) is 4.29. The van der Waals surface area contributed by atoms with E-state index in [0.717, 1.165) is 51.3 Å². The Bertz CT molecular complexity index is 547. The zero-order valence-corrected chi connectivity index (χ0v) is 13.6. The van der Waals surface area contributed by atoms with Gasteiger partial charge in [0.05, 0.1) is 0 Å². The molecule has 23 heavy (non-hydrogen) atoms. The summed E-state index contributed by atoms with van der Waals surface area (Å²) in [6.45, 7) is 4.10. The van der Waals surface area contributed by atoms with Crippen LogP contribution in [-0.4, -0.2) is 43.1 Å². The second-order valence-corrected chi connectivity index (χ2v) is 7.33. The highest BCUT2D eigenvalue weighted by Crippen LogP contribution is 2.58. The van der Waals surface area contributed by atoms with Crippen LogP contribution in [0.1, 0.15) is 32.1 Å². The fourth-order valence-electron chi connectivity index (χ4n) is 4.29. The minimum Gasteiger partial charge on any atom is -0.356 e. The SMILES string of the molecule is O=C(NC1CCN(c2ccccn2)CC1)C1CC12CCNCC2. The lowest BCUT2D eigenvalue weighted by Gasteiger charge is -2.33. The van der Waals surface area contributed by atoms with Gasteiger partial charge in [0.15, 0.2) is 0 Å². The molecule has 1 amide bonds. The van der Waals surface area contributed by atoms with Crippen LogP contribution < -0.4 is 15.5 Å². The molecule has 1 atom stereocenters. The van der Waals surface area contributed by atoms with Crippen LogP contribution in [0.3, 0.4) is 0 Å². The maximum absolute atomic E-state index is 12.5. The summed E-state index contributed by atoms with van der Waals surface area (Å²) in [7, 11) is 0. The minimum atomic E-state index is 0.276. The van der Waals surface area contributed by atoms with Gasteiger partial charge in [-0.15, -0.1) is 0 Å². The summed E-state index contributed by atoms with van der Waals surface area (Å²) in [5.41, 5.74) is 0.337. The lowest BCUT2D eigenvalue weighted by Crippen LogP contribution is -2.46. The van der Waals surface area contributed by atoms with Crippen molar-refractivity contribution in [3.05, 3.63) is 24.4 Å². The Morgan fingerprint density at radius 2 is 2.04 bits per heavy atom. The minimum absolute atomic E-state index is 0.276. The summed E-state index contributed by atoms with van der Waals surface area (Å²) in [4.78, 5) is 19.3. The van der Waals surface area contributed by atoms with Crippen molar-refractivity contribution in [2.45, 2.75) is 38.1 Å². The lowest BCUT2D eigenvalue weighted by atomic mass is 9.91. The molecule has 2 N–H and O–H groups in total. The summed E-state index contributed by atoms with van der Waals surface area (Å²) in [6, 6.07) is 6.37. The Morgan fingerprint density at radius 1 is 1.26 bits per heavy atom. The van der Waals surface area contributed by atoms with Crippen molar-refractivity contribution >= 4 is 11.7 Å². The first-order valence-electron chi connectivity index (χ1n) is 8.94. The maximum atomic E-state index is 12.5. The molecule has 1 aromatic heterocycles. The molecule has 2 saturated heterocycles. The van der Waals surface area contributed by atoms with Gasteiger partial charge in [-0.3, -0.25) is 4.79 Å². The summed E-state index contributed by atoms with van der Waals surface area (Å²) in [5, 5.41) is 6.72. The number of amides is 1. The Labute approximate surface area is 137 Å². The molecule has 5 nitrogen and oxygen atoms in total. The first-order chi connectivity index (χ1) is 11.3. The van der Waals surface area contributed by atoms with Gasteiger partial charge in [-0.25, -0.2) is 4.98 Å². The van der Waals surface area contributed by atoms with Crippen LogP contribution in [0.4, 0.5) is 5.82 Å². The molecule has 4 rings (SSSR count). The zero-order chi connectivity index (χ0) is 15.7. The number of carbonyl (C=O) groups is 1. The molecule has 0 aromatic carbocycles. The van der Waals surface area contributed by atoms with Crippen molar-refractivity contribution in [2.24, 2.45) is 11.3 Å². The summed E-state index contributed by atoms with van der Waals surface area (Å²) < 4.78 is 0. The van der Waals surface area contributed by atoms with E-state index >= 15 is 0 Å². The predicted octanol–water partition coefficient (Wildman–Crippen LogP) is 1.56. The number of carbonyl (C=O) groups excluding carboxylic acids is 1. The third-order valence-electron chi connectivity index (χ3n) is 5.92. The number of anilines is 1. The fraction of sp³-hybridized carbons (Fsp3) is 0.667. The molecule has 3 aliphatic rings. The lowest BCUT2D eigenvalue weighted by molar-refractivity contribution is -0.124. The maximum Gasteiger partial charge on any atom is 0.223 e. The van der Waals surface area contributed by atoms with E-state index in [9.17, 15) is 4.79 Å². The quantitative estimate of drug-likeness (QED) is 0.889. The summed E-state index contributed by atoms with van der Waals surface area (Å²) in [5.74, 6) is 1.63. The van der Waals surface area contributed by atoms with E-state index < -0.39 is 0 Å². The second-order valence-electron chi connectivity index (χ2n) is 7.33. The standard InChI is InChI=1S/C18H26N4O/c23-17(15-13-18(15)6-9-19-10-7-18)21-14-4-11-22(12-5-14)16-3-1-2-8-20-16/h1-3,8,14-15,19H,4-7,9-13H2,(H,21,23). The first kappa shape index (κ1) is 14.9. The highest BCUT2D eigenvalue weighted by Gasteiger charge is 2.57. The van der Waals surface area contributed by atoms with E-state index in [-0.39, 0.29) is 5.92 Å².